The summed E-state index contributed by atoms with van der Waals surface area (Å²) < 4.78 is 0. The van der Waals surface area contributed by atoms with E-state index in [1.807, 2.05) is 0 Å². The Kier molecular flexibility index (Phi) is 8.77. The molecule has 0 fully saturated rings. The maximum Gasteiger partial charge on any atom is 1.00 e. The first-order valence-corrected chi connectivity index (χ1v) is 3.23. The number of carboxylic acids is 1. The Morgan fingerprint density at radius 3 is 2.45 bits per heavy atom. The van der Waals surface area contributed by atoms with Gasteiger partial charge in [-0.3, -0.25) is 9.59 Å². The SMILES string of the molecule is C[C@@H](S)C(=O)NCC(=O)O.[H-].[Na+]. The Morgan fingerprint density at radius 1 is 1.73 bits per heavy atom. The van der Waals surface area contributed by atoms with Gasteiger partial charge in [-0.1, -0.05) is 0 Å². The molecule has 0 aliphatic carbocycles. The zero-order valence-corrected chi connectivity index (χ0v) is 9.39. The molecule has 0 heterocycles. The second-order valence-corrected chi connectivity index (χ2v) is 2.56. The van der Waals surface area contributed by atoms with E-state index in [0.717, 1.165) is 0 Å². The average Bonchev–Trinajstić information content (AvgIpc) is 1.82. The van der Waals surface area contributed by atoms with Crippen molar-refractivity contribution in [3.8, 4) is 0 Å². The van der Waals surface area contributed by atoms with Crippen LogP contribution in [0.15, 0.2) is 0 Å². The number of hydrogen-bond donors (Lipinski definition) is 3. The number of rotatable bonds is 3. The first-order valence-electron chi connectivity index (χ1n) is 2.71. The summed E-state index contributed by atoms with van der Waals surface area (Å²) in [6, 6.07) is 0. The fourth-order valence-corrected chi connectivity index (χ4v) is 0.402. The second kappa shape index (κ2) is 6.97. The number of amides is 1. The van der Waals surface area contributed by atoms with E-state index >= 15 is 0 Å². The molecule has 0 saturated heterocycles. The third kappa shape index (κ3) is 8.19. The molecule has 0 spiro atoms. The van der Waals surface area contributed by atoms with Crippen molar-refractivity contribution in [3.05, 3.63) is 0 Å². The topological polar surface area (TPSA) is 66.4 Å². The van der Waals surface area contributed by atoms with Crippen LogP contribution in [0.25, 0.3) is 0 Å². The number of carbonyl (C=O) groups excluding carboxylic acids is 1. The largest absolute Gasteiger partial charge is 1.00 e. The monoisotopic (exact) mass is 187 g/mol. The molecule has 0 aromatic heterocycles. The predicted molar refractivity (Wildman–Crippen MR) is 40.2 cm³/mol. The molecule has 0 aliphatic heterocycles. The minimum Gasteiger partial charge on any atom is -1.00 e. The standard InChI is InChI=1S/C5H9NO3S.Na.H/c1-3(10)5(9)6-2-4(7)8;;/h3,10H,2H2,1H3,(H,6,9)(H,7,8);;/q;+1;-1/t3-;;/m1../s1. The van der Waals surface area contributed by atoms with Crippen molar-refractivity contribution in [3.63, 3.8) is 0 Å². The van der Waals surface area contributed by atoms with Crippen LogP contribution in [-0.4, -0.2) is 28.8 Å². The average molecular weight is 187 g/mol. The van der Waals surface area contributed by atoms with Crippen LogP contribution >= 0.6 is 12.6 Å². The zero-order valence-electron chi connectivity index (χ0n) is 7.50. The number of aliphatic carboxylic acids is 1. The van der Waals surface area contributed by atoms with Gasteiger partial charge in [0.25, 0.3) is 0 Å². The van der Waals surface area contributed by atoms with E-state index in [0.29, 0.717) is 0 Å². The van der Waals surface area contributed by atoms with E-state index in [4.69, 9.17) is 5.11 Å². The summed E-state index contributed by atoms with van der Waals surface area (Å²) in [5.74, 6) is -1.42. The molecule has 2 N–H and O–H groups in total. The summed E-state index contributed by atoms with van der Waals surface area (Å²) in [4.78, 5) is 20.5. The fourth-order valence-electron chi connectivity index (χ4n) is 0.310. The van der Waals surface area contributed by atoms with E-state index < -0.39 is 11.2 Å². The van der Waals surface area contributed by atoms with Crippen molar-refractivity contribution < 1.29 is 45.7 Å². The first-order chi connectivity index (χ1) is 4.54. The van der Waals surface area contributed by atoms with Gasteiger partial charge in [-0.15, -0.1) is 0 Å². The number of hydrogen-bond acceptors (Lipinski definition) is 3. The second-order valence-electron chi connectivity index (χ2n) is 1.79. The molecule has 0 aromatic rings. The molecule has 11 heavy (non-hydrogen) atoms. The normalized spacial score (nSPS) is 11.1. The number of carbonyl (C=O) groups is 2. The zero-order chi connectivity index (χ0) is 8.15. The summed E-state index contributed by atoms with van der Waals surface area (Å²) in [7, 11) is 0. The van der Waals surface area contributed by atoms with Gasteiger partial charge in [-0.05, 0) is 6.92 Å². The van der Waals surface area contributed by atoms with Crippen molar-refractivity contribution in [2.24, 2.45) is 0 Å². The minimum absolute atomic E-state index is 0. The fraction of sp³-hybridized carbons (Fsp3) is 0.600. The smallest absolute Gasteiger partial charge is 1.00 e. The van der Waals surface area contributed by atoms with Gasteiger partial charge < -0.3 is 11.8 Å². The molecule has 0 rings (SSSR count). The predicted octanol–water partition coefficient (Wildman–Crippen LogP) is -3.38. The van der Waals surface area contributed by atoms with Crippen LogP contribution in [0.3, 0.4) is 0 Å². The Labute approximate surface area is 93.9 Å². The molecule has 0 saturated carbocycles. The van der Waals surface area contributed by atoms with E-state index in [9.17, 15) is 9.59 Å². The molecule has 0 aromatic carbocycles. The van der Waals surface area contributed by atoms with Crippen LogP contribution in [0.2, 0.25) is 0 Å². The Hall–Kier alpha value is 0.290. The van der Waals surface area contributed by atoms with Crippen molar-refractivity contribution in [2.75, 3.05) is 6.54 Å². The number of thiol groups is 1. The molecule has 0 aliphatic rings. The van der Waals surface area contributed by atoms with Gasteiger partial charge in [0.1, 0.15) is 6.54 Å². The van der Waals surface area contributed by atoms with Crippen molar-refractivity contribution in [1.29, 1.82) is 0 Å². The quantitative estimate of drug-likeness (QED) is 0.319. The first kappa shape index (κ1) is 13.9. The summed E-state index contributed by atoms with van der Waals surface area (Å²) in [5, 5.41) is 9.81. The van der Waals surface area contributed by atoms with Crippen molar-refractivity contribution >= 4 is 24.5 Å². The number of nitrogens with one attached hydrogen (secondary N) is 1. The molecule has 1 amide bonds. The molecular weight excluding hydrogens is 177 g/mol. The third-order valence-electron chi connectivity index (χ3n) is 0.793. The van der Waals surface area contributed by atoms with Gasteiger partial charge in [0, 0.05) is 0 Å². The van der Waals surface area contributed by atoms with Gasteiger partial charge in [0.15, 0.2) is 0 Å². The van der Waals surface area contributed by atoms with Crippen molar-refractivity contribution in [1.82, 2.24) is 5.32 Å². The molecule has 0 radical (unpaired) electrons. The van der Waals surface area contributed by atoms with Crippen molar-refractivity contribution in [2.45, 2.75) is 12.2 Å². The summed E-state index contributed by atoms with van der Waals surface area (Å²) >= 11 is 3.79. The minimum atomic E-state index is -1.05. The Bertz CT molecular complexity index is 156. The van der Waals surface area contributed by atoms with Crippen LogP contribution in [0.1, 0.15) is 8.35 Å². The van der Waals surface area contributed by atoms with E-state index in [-0.39, 0.29) is 43.4 Å². The summed E-state index contributed by atoms with van der Waals surface area (Å²) in [6.07, 6.45) is 0. The van der Waals surface area contributed by atoms with Gasteiger partial charge in [-0.25, -0.2) is 0 Å². The van der Waals surface area contributed by atoms with Crippen LogP contribution in [-0.2, 0) is 9.59 Å². The molecule has 60 valence electrons. The van der Waals surface area contributed by atoms with Gasteiger partial charge in [-0.2, -0.15) is 12.6 Å². The van der Waals surface area contributed by atoms with E-state index in [1.54, 1.807) is 6.92 Å². The summed E-state index contributed by atoms with van der Waals surface area (Å²) in [5.41, 5.74) is 0. The molecule has 1 atom stereocenters. The van der Waals surface area contributed by atoms with Crippen LogP contribution in [0.4, 0.5) is 0 Å². The van der Waals surface area contributed by atoms with Gasteiger partial charge >= 0.3 is 35.5 Å². The molecular formula is C5H10NNaO3S. The van der Waals surface area contributed by atoms with Crippen LogP contribution in [0.5, 0.6) is 0 Å². The van der Waals surface area contributed by atoms with Gasteiger partial charge in [0.2, 0.25) is 5.91 Å². The Morgan fingerprint density at radius 2 is 2.18 bits per heavy atom. The van der Waals surface area contributed by atoms with E-state index in [1.165, 1.54) is 0 Å². The van der Waals surface area contributed by atoms with Gasteiger partial charge in [0.05, 0.1) is 5.25 Å². The molecule has 6 heteroatoms. The third-order valence-corrected chi connectivity index (χ3v) is 1.03. The molecule has 4 nitrogen and oxygen atoms in total. The van der Waals surface area contributed by atoms with Crippen LogP contribution in [0, 0.1) is 0 Å². The summed E-state index contributed by atoms with van der Waals surface area (Å²) in [6.45, 7) is 1.23. The maximum atomic E-state index is 10.6. The molecule has 0 unspecified atom stereocenters. The van der Waals surface area contributed by atoms with Crippen LogP contribution < -0.4 is 34.9 Å². The number of carboxylic acid groups (broad SMARTS) is 1. The van der Waals surface area contributed by atoms with E-state index in [2.05, 4.69) is 17.9 Å². The molecule has 0 bridgehead atoms. The Balaban J connectivity index is -0.000000405. The maximum absolute atomic E-state index is 10.6.